The predicted molar refractivity (Wildman–Crippen MR) is 162 cm³/mol. The van der Waals surface area contributed by atoms with Crippen LogP contribution in [0.15, 0.2) is 94.7 Å². The van der Waals surface area contributed by atoms with E-state index < -0.39 is 56.8 Å². The zero-order chi connectivity index (χ0) is 34.2. The summed E-state index contributed by atoms with van der Waals surface area (Å²) in [5, 5.41) is 21.1. The molecule has 0 amide bonds. The summed E-state index contributed by atoms with van der Waals surface area (Å²) in [6.07, 6.45) is 0. The van der Waals surface area contributed by atoms with E-state index in [1.54, 1.807) is 48.5 Å². The van der Waals surface area contributed by atoms with Crippen LogP contribution in [0, 0.1) is 31.9 Å². The molecule has 4 rings (SSSR count). The Kier molecular flexibility index (Phi) is 11.7. The highest BCUT2D eigenvalue weighted by Gasteiger charge is 2.28. The second kappa shape index (κ2) is 15.0. The van der Waals surface area contributed by atoms with Crippen molar-refractivity contribution >= 4 is 41.1 Å². The van der Waals surface area contributed by atoms with E-state index in [2.05, 4.69) is 0 Å². The van der Waals surface area contributed by atoms with Crippen LogP contribution >= 0.6 is 10.7 Å². The van der Waals surface area contributed by atoms with E-state index in [4.69, 9.17) is 20.2 Å². The largest absolute Gasteiger partial charge is 0.497 e. The monoisotopic (exact) mass is 699 g/mol. The summed E-state index contributed by atoms with van der Waals surface area (Å²) in [5.41, 5.74) is -0.217. The van der Waals surface area contributed by atoms with E-state index in [0.29, 0.717) is 34.8 Å². The molecular weight excluding hydrogens is 676 g/mol. The lowest BCUT2D eigenvalue weighted by molar-refractivity contribution is -0.387. The molecule has 0 unspecified atom stereocenters. The maximum absolute atomic E-state index is 14.2. The van der Waals surface area contributed by atoms with Gasteiger partial charge in [-0.15, -0.1) is 0 Å². The van der Waals surface area contributed by atoms with Crippen LogP contribution < -0.4 is 9.47 Å². The SMILES string of the molecule is COc1ccc(CN(Cc2ccc(OC)cc2)S(=O)(=O)c2ccc([N+](=O)[O-])c(F)c2)cc1.O=[N+]([O-])c1ccc(S(=O)(=O)Cl)cc1F. The summed E-state index contributed by atoms with van der Waals surface area (Å²) in [7, 11) is -0.293. The topological polar surface area (TPSA) is 176 Å². The maximum atomic E-state index is 14.2. The standard InChI is InChI=1S/C22H21FN2O6S.C6H3ClFNO4S/c1-30-18-7-3-16(4-8-18)14-24(15-17-5-9-19(31-2)10-6-17)32(28,29)20-11-12-22(25(26)27)21(23)13-20;7-14(12,13)4-1-2-6(9(10)11)5(8)3-4/h3-13H,14-15H2,1-2H3;1-3H. The van der Waals surface area contributed by atoms with Gasteiger partial charge in [-0.05, 0) is 47.5 Å². The van der Waals surface area contributed by atoms with Crippen molar-refractivity contribution in [2.45, 2.75) is 22.9 Å². The van der Waals surface area contributed by atoms with E-state index in [9.17, 15) is 45.8 Å². The van der Waals surface area contributed by atoms with Gasteiger partial charge in [0.15, 0.2) is 0 Å². The molecule has 0 aliphatic heterocycles. The van der Waals surface area contributed by atoms with Crippen LogP contribution in [-0.4, -0.2) is 45.2 Å². The molecular formula is C28H24ClF2N3O10S2. The Bertz CT molecular complexity index is 1900. The molecule has 0 aromatic heterocycles. The first-order chi connectivity index (χ1) is 21.6. The lowest BCUT2D eigenvalue weighted by Gasteiger charge is -2.23. The number of nitro benzene ring substituents is 2. The van der Waals surface area contributed by atoms with Crippen molar-refractivity contribution in [3.05, 3.63) is 128 Å². The van der Waals surface area contributed by atoms with E-state index in [-0.39, 0.29) is 18.0 Å². The molecule has 0 bridgehead atoms. The maximum Gasteiger partial charge on any atom is 0.304 e. The van der Waals surface area contributed by atoms with Crippen molar-refractivity contribution in [2.24, 2.45) is 0 Å². The molecule has 18 heteroatoms. The molecule has 0 heterocycles. The minimum absolute atomic E-state index is 0.00301. The number of hydrogen-bond acceptors (Lipinski definition) is 10. The first-order valence-electron chi connectivity index (χ1n) is 12.7. The fourth-order valence-electron chi connectivity index (χ4n) is 3.83. The highest BCUT2D eigenvalue weighted by molar-refractivity contribution is 8.13. The zero-order valence-electron chi connectivity index (χ0n) is 23.9. The van der Waals surface area contributed by atoms with Crippen LogP contribution in [0.3, 0.4) is 0 Å². The zero-order valence-corrected chi connectivity index (χ0v) is 26.3. The van der Waals surface area contributed by atoms with Crippen molar-refractivity contribution in [2.75, 3.05) is 14.2 Å². The Morgan fingerprint density at radius 1 is 0.674 bits per heavy atom. The molecule has 0 saturated heterocycles. The number of halogens is 3. The van der Waals surface area contributed by atoms with Crippen molar-refractivity contribution in [1.82, 2.24) is 4.31 Å². The number of nitrogens with zero attached hydrogens (tertiary/aromatic N) is 3. The van der Waals surface area contributed by atoms with Gasteiger partial charge in [-0.1, -0.05) is 24.3 Å². The van der Waals surface area contributed by atoms with Gasteiger partial charge in [0.05, 0.1) is 33.9 Å². The number of ether oxygens (including phenoxy) is 2. The Balaban J connectivity index is 0.000000344. The Hall–Kier alpha value is -4.71. The van der Waals surface area contributed by atoms with Crippen molar-refractivity contribution in [3.8, 4) is 11.5 Å². The summed E-state index contributed by atoms with van der Waals surface area (Å²) in [6.45, 7) is -0.00602. The van der Waals surface area contributed by atoms with Crippen LogP contribution in [0.4, 0.5) is 20.2 Å². The Morgan fingerprint density at radius 2 is 1.04 bits per heavy atom. The summed E-state index contributed by atoms with van der Waals surface area (Å²) in [4.78, 5) is 18.3. The van der Waals surface area contributed by atoms with Crippen molar-refractivity contribution in [1.29, 1.82) is 0 Å². The predicted octanol–water partition coefficient (Wildman–Crippen LogP) is 5.80. The van der Waals surface area contributed by atoms with Gasteiger partial charge < -0.3 is 9.47 Å². The molecule has 0 aliphatic rings. The third-order valence-electron chi connectivity index (χ3n) is 6.19. The van der Waals surface area contributed by atoms with Crippen LogP contribution in [0.5, 0.6) is 11.5 Å². The molecule has 0 aliphatic carbocycles. The lowest BCUT2D eigenvalue weighted by atomic mass is 10.2. The average Bonchev–Trinajstić information content (AvgIpc) is 3.00. The summed E-state index contributed by atoms with van der Waals surface area (Å²) < 4.78 is 86.6. The van der Waals surface area contributed by atoms with Gasteiger partial charge in [-0.3, -0.25) is 20.2 Å². The average molecular weight is 700 g/mol. The number of benzene rings is 4. The van der Waals surface area contributed by atoms with Crippen LogP contribution in [0.2, 0.25) is 0 Å². The van der Waals surface area contributed by atoms with Crippen LogP contribution in [-0.2, 0) is 32.2 Å². The number of sulfonamides is 1. The third kappa shape index (κ3) is 9.16. The van der Waals surface area contributed by atoms with Gasteiger partial charge in [0.2, 0.25) is 21.7 Å². The number of nitro groups is 2. The molecule has 0 radical (unpaired) electrons. The molecule has 0 atom stereocenters. The number of methoxy groups -OCH3 is 2. The van der Waals surface area contributed by atoms with Crippen LogP contribution in [0.25, 0.3) is 0 Å². The van der Waals surface area contributed by atoms with E-state index >= 15 is 0 Å². The van der Waals surface area contributed by atoms with Gasteiger partial charge >= 0.3 is 11.4 Å². The molecule has 0 spiro atoms. The second-order valence-corrected chi connectivity index (χ2v) is 13.7. The van der Waals surface area contributed by atoms with Gasteiger partial charge in [0.25, 0.3) is 9.05 Å². The third-order valence-corrected chi connectivity index (χ3v) is 9.33. The minimum Gasteiger partial charge on any atom is -0.497 e. The van der Waals surface area contributed by atoms with Gasteiger partial charge in [-0.2, -0.15) is 13.1 Å². The molecule has 244 valence electrons. The highest BCUT2D eigenvalue weighted by atomic mass is 35.7. The molecule has 0 saturated carbocycles. The lowest BCUT2D eigenvalue weighted by Crippen LogP contribution is -2.30. The van der Waals surface area contributed by atoms with Crippen molar-refractivity contribution < 1.29 is 44.9 Å². The number of hydrogen-bond donors (Lipinski definition) is 0. The van der Waals surface area contributed by atoms with E-state index in [1.165, 1.54) is 18.5 Å². The van der Waals surface area contributed by atoms with E-state index in [0.717, 1.165) is 24.3 Å². The van der Waals surface area contributed by atoms with Gasteiger partial charge in [-0.25, -0.2) is 16.8 Å². The highest BCUT2D eigenvalue weighted by Crippen LogP contribution is 2.27. The summed E-state index contributed by atoms with van der Waals surface area (Å²) in [6, 6.07) is 18.4. The summed E-state index contributed by atoms with van der Waals surface area (Å²) >= 11 is 0. The molecule has 4 aromatic carbocycles. The quantitative estimate of drug-likeness (QED) is 0.106. The van der Waals surface area contributed by atoms with Gasteiger partial charge in [0, 0.05) is 48.0 Å². The van der Waals surface area contributed by atoms with Gasteiger partial charge in [0.1, 0.15) is 11.5 Å². The second-order valence-electron chi connectivity index (χ2n) is 9.15. The Morgan fingerprint density at radius 3 is 1.37 bits per heavy atom. The fraction of sp³-hybridized carbons (Fsp3) is 0.143. The smallest absolute Gasteiger partial charge is 0.304 e. The Labute approximate surface area is 266 Å². The molecule has 0 fully saturated rings. The molecule has 13 nitrogen and oxygen atoms in total. The van der Waals surface area contributed by atoms with E-state index in [1.807, 2.05) is 0 Å². The minimum atomic E-state index is -4.19. The first kappa shape index (κ1) is 35.8. The molecule has 0 N–H and O–H groups in total. The fourth-order valence-corrected chi connectivity index (χ4v) is 6.02. The number of rotatable bonds is 11. The first-order valence-corrected chi connectivity index (χ1v) is 16.4. The van der Waals surface area contributed by atoms with Crippen molar-refractivity contribution in [3.63, 3.8) is 0 Å². The van der Waals surface area contributed by atoms with Crippen LogP contribution in [0.1, 0.15) is 11.1 Å². The molecule has 4 aromatic rings. The summed E-state index contributed by atoms with van der Waals surface area (Å²) in [5.74, 6) is -1.21. The molecule has 46 heavy (non-hydrogen) atoms. The normalized spacial score (nSPS) is 11.3.